The maximum atomic E-state index is 5.80. The normalized spacial score (nSPS) is 17.1. The van der Waals surface area contributed by atoms with Crippen LogP contribution >= 0.6 is 11.8 Å². The smallest absolute Gasteiger partial charge is 0.0417 e. The molecule has 1 aliphatic rings. The summed E-state index contributed by atoms with van der Waals surface area (Å²) < 4.78 is 0. The molecule has 1 saturated heterocycles. The third kappa shape index (κ3) is 1.98. The van der Waals surface area contributed by atoms with Crippen molar-refractivity contribution in [3.63, 3.8) is 0 Å². The number of nitrogens with two attached hydrogens (primary N) is 1. The molecule has 0 aromatic heterocycles. The van der Waals surface area contributed by atoms with Crippen LogP contribution in [-0.2, 0) is 0 Å². The van der Waals surface area contributed by atoms with Gasteiger partial charge in [0.2, 0.25) is 0 Å². The molecule has 1 aliphatic heterocycles. The third-order valence-electron chi connectivity index (χ3n) is 2.58. The maximum Gasteiger partial charge on any atom is 0.0417 e. The molecule has 0 unspecified atom stereocenters. The van der Waals surface area contributed by atoms with Crippen LogP contribution in [0.2, 0.25) is 0 Å². The number of rotatable bonds is 1. The first-order valence-corrected chi connectivity index (χ1v) is 6.11. The number of nitrogen functional groups attached to an aromatic ring is 1. The van der Waals surface area contributed by atoms with E-state index in [0.717, 1.165) is 18.8 Å². The highest BCUT2D eigenvalue weighted by Crippen LogP contribution is 2.25. The van der Waals surface area contributed by atoms with Crippen LogP contribution in [0.3, 0.4) is 0 Å². The topological polar surface area (TPSA) is 29.3 Å². The van der Waals surface area contributed by atoms with E-state index < -0.39 is 0 Å². The molecule has 0 spiro atoms. The van der Waals surface area contributed by atoms with E-state index in [2.05, 4.69) is 24.0 Å². The van der Waals surface area contributed by atoms with Crippen molar-refractivity contribution in [3.8, 4) is 0 Å². The zero-order valence-corrected chi connectivity index (χ0v) is 9.31. The lowest BCUT2D eigenvalue weighted by Crippen LogP contribution is -2.32. The molecule has 0 saturated carbocycles. The van der Waals surface area contributed by atoms with Gasteiger partial charge >= 0.3 is 0 Å². The minimum Gasteiger partial charge on any atom is -0.399 e. The predicted octanol–water partition coefficient (Wildman–Crippen LogP) is 2.13. The van der Waals surface area contributed by atoms with Crippen LogP contribution in [0.4, 0.5) is 11.4 Å². The average Bonchev–Trinajstić information content (AvgIpc) is 2.23. The average molecular weight is 208 g/mol. The molecule has 0 radical (unpaired) electrons. The van der Waals surface area contributed by atoms with Crippen molar-refractivity contribution in [2.75, 3.05) is 35.2 Å². The Bertz CT molecular complexity index is 319. The summed E-state index contributed by atoms with van der Waals surface area (Å²) in [5, 5.41) is 0. The van der Waals surface area contributed by atoms with E-state index in [-0.39, 0.29) is 0 Å². The van der Waals surface area contributed by atoms with Crippen molar-refractivity contribution in [2.45, 2.75) is 6.92 Å². The monoisotopic (exact) mass is 208 g/mol. The first kappa shape index (κ1) is 9.71. The molecule has 2 rings (SSSR count). The molecule has 0 bridgehead atoms. The number of thioether (sulfide) groups is 1. The minimum atomic E-state index is 0.865. The molecule has 2 nitrogen and oxygen atoms in total. The molecular weight excluding hydrogens is 192 g/mol. The van der Waals surface area contributed by atoms with Crippen LogP contribution < -0.4 is 10.6 Å². The number of anilines is 2. The van der Waals surface area contributed by atoms with Gasteiger partial charge in [0.1, 0.15) is 0 Å². The van der Waals surface area contributed by atoms with Gasteiger partial charge in [0.25, 0.3) is 0 Å². The molecule has 1 aromatic carbocycles. The standard InChI is InChI=1S/C11H16N2S/c1-9-2-3-10(12)8-11(9)13-4-6-14-7-5-13/h2-3,8H,4-7,12H2,1H3. The van der Waals surface area contributed by atoms with Gasteiger partial charge in [-0.2, -0.15) is 11.8 Å². The van der Waals surface area contributed by atoms with Gasteiger partial charge in [0.05, 0.1) is 0 Å². The molecule has 0 amide bonds. The maximum absolute atomic E-state index is 5.80. The van der Waals surface area contributed by atoms with Gasteiger partial charge in [0.15, 0.2) is 0 Å². The number of nitrogens with zero attached hydrogens (tertiary/aromatic N) is 1. The zero-order chi connectivity index (χ0) is 9.97. The largest absolute Gasteiger partial charge is 0.399 e. The van der Waals surface area contributed by atoms with Crippen LogP contribution in [0, 0.1) is 6.92 Å². The summed E-state index contributed by atoms with van der Waals surface area (Å²) in [6.45, 7) is 4.44. The van der Waals surface area contributed by atoms with Crippen molar-refractivity contribution in [1.82, 2.24) is 0 Å². The van der Waals surface area contributed by atoms with Crippen molar-refractivity contribution >= 4 is 23.1 Å². The zero-order valence-electron chi connectivity index (χ0n) is 8.49. The molecule has 1 heterocycles. The Labute approximate surface area is 89.5 Å². The van der Waals surface area contributed by atoms with Crippen LogP contribution in [-0.4, -0.2) is 24.6 Å². The van der Waals surface area contributed by atoms with E-state index in [1.807, 2.05) is 17.8 Å². The Morgan fingerprint density at radius 1 is 1.29 bits per heavy atom. The number of aryl methyl sites for hydroxylation is 1. The van der Waals surface area contributed by atoms with Gasteiger partial charge in [-0.1, -0.05) is 6.07 Å². The van der Waals surface area contributed by atoms with E-state index in [0.29, 0.717) is 0 Å². The molecular formula is C11H16N2S. The summed E-state index contributed by atoms with van der Waals surface area (Å²) in [5.41, 5.74) is 9.30. The Hall–Kier alpha value is -0.830. The fraction of sp³-hybridized carbons (Fsp3) is 0.455. The molecule has 14 heavy (non-hydrogen) atoms. The fourth-order valence-electron chi connectivity index (χ4n) is 1.77. The molecule has 0 aliphatic carbocycles. The summed E-state index contributed by atoms with van der Waals surface area (Å²) >= 11 is 2.03. The lowest BCUT2D eigenvalue weighted by molar-refractivity contribution is 0.855. The van der Waals surface area contributed by atoms with E-state index in [1.165, 1.54) is 22.8 Å². The highest BCUT2D eigenvalue weighted by Gasteiger charge is 2.12. The lowest BCUT2D eigenvalue weighted by Gasteiger charge is -2.30. The van der Waals surface area contributed by atoms with E-state index in [1.54, 1.807) is 0 Å². The molecule has 3 heteroatoms. The van der Waals surface area contributed by atoms with Gasteiger partial charge in [-0.25, -0.2) is 0 Å². The molecule has 2 N–H and O–H groups in total. The molecule has 1 fully saturated rings. The SMILES string of the molecule is Cc1ccc(N)cc1N1CCSCC1. The van der Waals surface area contributed by atoms with Gasteiger partial charge < -0.3 is 10.6 Å². The summed E-state index contributed by atoms with van der Waals surface area (Å²) in [7, 11) is 0. The summed E-state index contributed by atoms with van der Waals surface area (Å²) in [6.07, 6.45) is 0. The van der Waals surface area contributed by atoms with Crippen molar-refractivity contribution in [1.29, 1.82) is 0 Å². The van der Waals surface area contributed by atoms with Crippen LogP contribution in [0.1, 0.15) is 5.56 Å². The first-order chi connectivity index (χ1) is 6.77. The second-order valence-electron chi connectivity index (χ2n) is 3.65. The third-order valence-corrected chi connectivity index (χ3v) is 3.53. The van der Waals surface area contributed by atoms with Gasteiger partial charge in [-0.05, 0) is 24.6 Å². The molecule has 76 valence electrons. The minimum absolute atomic E-state index is 0.865. The Kier molecular flexibility index (Phi) is 2.87. The number of hydrogen-bond donors (Lipinski definition) is 1. The first-order valence-electron chi connectivity index (χ1n) is 4.96. The quantitative estimate of drug-likeness (QED) is 0.717. The summed E-state index contributed by atoms with van der Waals surface area (Å²) in [5.74, 6) is 2.46. The van der Waals surface area contributed by atoms with E-state index >= 15 is 0 Å². The molecule has 1 aromatic rings. The van der Waals surface area contributed by atoms with E-state index in [4.69, 9.17) is 5.73 Å². The van der Waals surface area contributed by atoms with Crippen molar-refractivity contribution < 1.29 is 0 Å². The molecule has 0 atom stereocenters. The van der Waals surface area contributed by atoms with Crippen LogP contribution in [0.15, 0.2) is 18.2 Å². The Morgan fingerprint density at radius 2 is 2.00 bits per heavy atom. The predicted molar refractivity (Wildman–Crippen MR) is 65.1 cm³/mol. The fourth-order valence-corrected chi connectivity index (χ4v) is 2.67. The van der Waals surface area contributed by atoms with E-state index in [9.17, 15) is 0 Å². The second kappa shape index (κ2) is 4.13. The number of benzene rings is 1. The van der Waals surface area contributed by atoms with Crippen molar-refractivity contribution in [3.05, 3.63) is 23.8 Å². The summed E-state index contributed by atoms with van der Waals surface area (Å²) in [4.78, 5) is 2.43. The van der Waals surface area contributed by atoms with Crippen molar-refractivity contribution in [2.24, 2.45) is 0 Å². The Balaban J connectivity index is 2.24. The van der Waals surface area contributed by atoms with Gasteiger partial charge in [-0.3, -0.25) is 0 Å². The highest BCUT2D eigenvalue weighted by molar-refractivity contribution is 7.99. The summed E-state index contributed by atoms with van der Waals surface area (Å²) in [6, 6.07) is 6.16. The van der Waals surface area contributed by atoms with Gasteiger partial charge in [-0.15, -0.1) is 0 Å². The number of hydrogen-bond acceptors (Lipinski definition) is 3. The lowest BCUT2D eigenvalue weighted by atomic mass is 10.1. The second-order valence-corrected chi connectivity index (χ2v) is 4.87. The van der Waals surface area contributed by atoms with Crippen LogP contribution in [0.5, 0.6) is 0 Å². The highest BCUT2D eigenvalue weighted by atomic mass is 32.2. The van der Waals surface area contributed by atoms with Crippen LogP contribution in [0.25, 0.3) is 0 Å². The van der Waals surface area contributed by atoms with Gasteiger partial charge in [0, 0.05) is 36.0 Å². The Morgan fingerprint density at radius 3 is 2.71 bits per heavy atom.